The molecule has 1 unspecified atom stereocenters. The number of hydrogen-bond donors (Lipinski definition) is 0. The number of fused-ring (bicyclic) bond motifs is 3. The molecule has 0 spiro atoms. The number of para-hydroxylation sites is 1. The lowest BCUT2D eigenvalue weighted by Gasteiger charge is -2.48. The Morgan fingerprint density at radius 3 is 2.50 bits per heavy atom. The zero-order valence-corrected chi connectivity index (χ0v) is 19.1. The van der Waals surface area contributed by atoms with E-state index in [1.165, 1.54) is 30.1 Å². The number of carbonyl (C=O) groups excluding carboxylic acids is 3. The second kappa shape index (κ2) is 8.77. The van der Waals surface area contributed by atoms with Crippen molar-refractivity contribution >= 4 is 23.4 Å². The highest BCUT2D eigenvalue weighted by Crippen LogP contribution is 2.44. The largest absolute Gasteiger partial charge is 0.416 e. The van der Waals surface area contributed by atoms with Crippen molar-refractivity contribution < 1.29 is 27.6 Å². The third-order valence-electron chi connectivity index (χ3n) is 6.67. The minimum absolute atomic E-state index is 0.0290. The van der Waals surface area contributed by atoms with E-state index in [4.69, 9.17) is 0 Å². The van der Waals surface area contributed by atoms with Crippen LogP contribution in [0.4, 0.5) is 18.9 Å². The van der Waals surface area contributed by atoms with Gasteiger partial charge in [0.25, 0.3) is 5.91 Å². The van der Waals surface area contributed by atoms with Crippen LogP contribution < -0.4 is 4.90 Å². The van der Waals surface area contributed by atoms with Gasteiger partial charge in [0.05, 0.1) is 16.8 Å². The van der Waals surface area contributed by atoms with Crippen molar-refractivity contribution in [1.82, 2.24) is 9.80 Å². The molecule has 0 aromatic heterocycles. The normalized spacial score (nSPS) is 19.8. The number of alkyl halides is 3. The molecule has 0 aliphatic carbocycles. The molecule has 1 saturated heterocycles. The lowest BCUT2D eigenvalue weighted by atomic mass is 9.98. The van der Waals surface area contributed by atoms with Gasteiger partial charge in [0.15, 0.2) is 0 Å². The van der Waals surface area contributed by atoms with Gasteiger partial charge in [-0.1, -0.05) is 30.3 Å². The number of benzene rings is 2. The first-order chi connectivity index (χ1) is 16.0. The van der Waals surface area contributed by atoms with Crippen molar-refractivity contribution in [2.45, 2.75) is 51.0 Å². The van der Waals surface area contributed by atoms with Crippen molar-refractivity contribution in [2.75, 3.05) is 18.5 Å². The summed E-state index contributed by atoms with van der Waals surface area (Å²) in [7, 11) is 1.47. The van der Waals surface area contributed by atoms with Crippen LogP contribution in [0.3, 0.4) is 0 Å². The van der Waals surface area contributed by atoms with Crippen LogP contribution in [0, 0.1) is 0 Å². The number of halogens is 3. The topological polar surface area (TPSA) is 60.9 Å². The van der Waals surface area contributed by atoms with E-state index >= 15 is 0 Å². The molecule has 0 N–H and O–H groups in total. The summed E-state index contributed by atoms with van der Waals surface area (Å²) in [4.78, 5) is 43.1. The Morgan fingerprint density at radius 2 is 1.76 bits per heavy atom. The van der Waals surface area contributed by atoms with Gasteiger partial charge in [-0.3, -0.25) is 19.3 Å². The molecule has 2 aliphatic rings. The predicted molar refractivity (Wildman–Crippen MR) is 120 cm³/mol. The lowest BCUT2D eigenvalue weighted by molar-refractivity contribution is -0.139. The van der Waals surface area contributed by atoms with Gasteiger partial charge in [-0.15, -0.1) is 0 Å². The Labute approximate surface area is 195 Å². The first-order valence-electron chi connectivity index (χ1n) is 11.2. The van der Waals surface area contributed by atoms with Gasteiger partial charge in [-0.2, -0.15) is 13.2 Å². The molecule has 0 radical (unpaired) electrons. The lowest BCUT2D eigenvalue weighted by Crippen LogP contribution is -2.62. The number of carbonyl (C=O) groups is 3. The van der Waals surface area contributed by atoms with Crippen molar-refractivity contribution in [3.8, 4) is 0 Å². The summed E-state index contributed by atoms with van der Waals surface area (Å²) in [5.41, 5.74) is -0.480. The van der Waals surface area contributed by atoms with Gasteiger partial charge in [0.2, 0.25) is 11.8 Å². The first-order valence-corrected chi connectivity index (χ1v) is 11.2. The average molecular weight is 473 g/mol. The highest BCUT2D eigenvalue weighted by molar-refractivity contribution is 6.10. The zero-order valence-electron chi connectivity index (χ0n) is 19.1. The van der Waals surface area contributed by atoms with Crippen LogP contribution in [0.25, 0.3) is 0 Å². The Kier molecular flexibility index (Phi) is 6.14. The van der Waals surface area contributed by atoms with Gasteiger partial charge < -0.3 is 9.80 Å². The fourth-order valence-electron chi connectivity index (χ4n) is 4.90. The fourth-order valence-corrected chi connectivity index (χ4v) is 4.90. The molecular formula is C25H26F3N3O3. The molecule has 2 aromatic carbocycles. The van der Waals surface area contributed by atoms with E-state index < -0.39 is 17.4 Å². The maximum Gasteiger partial charge on any atom is 0.416 e. The van der Waals surface area contributed by atoms with Crippen molar-refractivity contribution in [3.05, 3.63) is 65.2 Å². The highest BCUT2D eigenvalue weighted by Gasteiger charge is 2.52. The van der Waals surface area contributed by atoms with E-state index in [1.54, 1.807) is 34.1 Å². The van der Waals surface area contributed by atoms with Gasteiger partial charge in [-0.25, -0.2) is 0 Å². The summed E-state index contributed by atoms with van der Waals surface area (Å²) in [6.45, 7) is 1.95. The second-order valence-electron chi connectivity index (χ2n) is 8.93. The molecule has 34 heavy (non-hydrogen) atoms. The minimum atomic E-state index is -4.49. The molecule has 180 valence electrons. The Bertz CT molecular complexity index is 1130. The molecule has 1 atom stereocenters. The molecule has 0 bridgehead atoms. The molecule has 2 heterocycles. The molecular weight excluding hydrogens is 447 g/mol. The van der Waals surface area contributed by atoms with Crippen LogP contribution in [0.15, 0.2) is 48.5 Å². The summed E-state index contributed by atoms with van der Waals surface area (Å²) < 4.78 is 39.8. The third-order valence-corrected chi connectivity index (χ3v) is 6.67. The van der Waals surface area contributed by atoms with E-state index in [2.05, 4.69) is 0 Å². The first kappa shape index (κ1) is 23.8. The monoisotopic (exact) mass is 473 g/mol. The molecule has 9 heteroatoms. The van der Waals surface area contributed by atoms with Crippen molar-refractivity contribution in [1.29, 1.82) is 0 Å². The van der Waals surface area contributed by atoms with Gasteiger partial charge >= 0.3 is 6.18 Å². The molecule has 4 rings (SSSR count). The summed E-state index contributed by atoms with van der Waals surface area (Å²) >= 11 is 0. The van der Waals surface area contributed by atoms with Gasteiger partial charge in [-0.05, 0) is 43.5 Å². The molecule has 3 amide bonds. The summed E-state index contributed by atoms with van der Waals surface area (Å²) in [5.74, 6) is -0.554. The standard InChI is InChI=1S/C25H26F3N3O3/c1-24-14-13-22(33)31(24)20-11-6-4-9-18(20)23(34)30(24)15-7-12-21(32)29(2)16-17-8-3-5-10-19(17)25(26,27)28/h3-6,8-11H,7,12-16H2,1-2H3. The van der Waals surface area contributed by atoms with E-state index in [-0.39, 0.29) is 42.8 Å². The number of amides is 3. The van der Waals surface area contributed by atoms with E-state index in [9.17, 15) is 27.6 Å². The number of anilines is 1. The second-order valence-corrected chi connectivity index (χ2v) is 8.93. The van der Waals surface area contributed by atoms with Gasteiger partial charge in [0.1, 0.15) is 5.66 Å². The summed E-state index contributed by atoms with van der Waals surface area (Å²) in [5, 5.41) is 0. The highest BCUT2D eigenvalue weighted by atomic mass is 19.4. The molecule has 6 nitrogen and oxygen atoms in total. The Balaban J connectivity index is 1.43. The number of nitrogens with zero attached hydrogens (tertiary/aromatic N) is 3. The quantitative estimate of drug-likeness (QED) is 0.623. The van der Waals surface area contributed by atoms with Crippen molar-refractivity contribution in [2.24, 2.45) is 0 Å². The Hall–Kier alpha value is -3.36. The van der Waals surface area contributed by atoms with E-state index in [1.807, 2.05) is 6.92 Å². The van der Waals surface area contributed by atoms with E-state index in [0.717, 1.165) is 6.07 Å². The summed E-state index contributed by atoms with van der Waals surface area (Å²) in [6, 6.07) is 12.2. The fraction of sp³-hybridized carbons (Fsp3) is 0.400. The van der Waals surface area contributed by atoms with Crippen molar-refractivity contribution in [3.63, 3.8) is 0 Å². The average Bonchev–Trinajstić information content (AvgIpc) is 3.10. The molecule has 1 fully saturated rings. The van der Waals surface area contributed by atoms with Gasteiger partial charge in [0, 0.05) is 33.0 Å². The zero-order chi connectivity index (χ0) is 24.7. The maximum absolute atomic E-state index is 13.3. The molecule has 2 aromatic rings. The summed E-state index contributed by atoms with van der Waals surface area (Å²) in [6.07, 6.45) is -3.27. The smallest absolute Gasteiger partial charge is 0.341 e. The van der Waals surface area contributed by atoms with Crippen LogP contribution in [0.2, 0.25) is 0 Å². The van der Waals surface area contributed by atoms with Crippen LogP contribution in [0.5, 0.6) is 0 Å². The van der Waals surface area contributed by atoms with Crippen LogP contribution in [-0.2, 0) is 22.3 Å². The Morgan fingerprint density at radius 1 is 1.09 bits per heavy atom. The van der Waals surface area contributed by atoms with E-state index in [0.29, 0.717) is 30.5 Å². The minimum Gasteiger partial charge on any atom is -0.341 e. The maximum atomic E-state index is 13.3. The van der Waals surface area contributed by atoms with Crippen LogP contribution in [0.1, 0.15) is 54.1 Å². The number of rotatable bonds is 6. The predicted octanol–water partition coefficient (Wildman–Crippen LogP) is 4.44. The number of hydrogen-bond acceptors (Lipinski definition) is 3. The van der Waals surface area contributed by atoms with Crippen LogP contribution in [-0.4, -0.2) is 46.8 Å². The third kappa shape index (κ3) is 4.15. The molecule has 2 aliphatic heterocycles. The SMILES string of the molecule is CN(Cc1ccccc1C(F)(F)F)C(=O)CCCN1C(=O)c2ccccc2N2C(=O)CCC12C. The van der Waals surface area contributed by atoms with Crippen LogP contribution >= 0.6 is 0 Å². The molecule has 0 saturated carbocycles.